The summed E-state index contributed by atoms with van der Waals surface area (Å²) in [4.78, 5) is 39.8. The second-order valence-electron chi connectivity index (χ2n) is 7.41. The number of anilines is 1. The molecule has 0 saturated carbocycles. The number of carbonyl (C=O) groups is 3. The van der Waals surface area contributed by atoms with Crippen molar-refractivity contribution in [2.75, 3.05) is 18.9 Å². The number of nitrogens with one attached hydrogen (secondary N) is 1. The van der Waals surface area contributed by atoms with Gasteiger partial charge < -0.3 is 15.0 Å². The van der Waals surface area contributed by atoms with Crippen LogP contribution in [0.4, 0.5) is 5.69 Å². The van der Waals surface area contributed by atoms with Gasteiger partial charge in [-0.15, -0.1) is 11.3 Å². The third-order valence-corrected chi connectivity index (χ3v) is 6.09. The molecule has 29 heavy (non-hydrogen) atoms. The minimum Gasteiger partial charge on any atom is -0.449 e. The van der Waals surface area contributed by atoms with Gasteiger partial charge in [0.25, 0.3) is 5.91 Å². The minimum atomic E-state index is -0.959. The predicted octanol–water partition coefficient (Wildman–Crippen LogP) is 3.58. The molecule has 0 aliphatic heterocycles. The van der Waals surface area contributed by atoms with Gasteiger partial charge in [0.05, 0.1) is 12.1 Å². The number of benzene rings is 1. The summed E-state index contributed by atoms with van der Waals surface area (Å²) >= 11 is 1.58. The van der Waals surface area contributed by atoms with Crippen LogP contribution in [0.15, 0.2) is 29.6 Å². The van der Waals surface area contributed by atoms with Crippen molar-refractivity contribution in [1.82, 2.24) is 4.90 Å². The van der Waals surface area contributed by atoms with Crippen LogP contribution in [-0.4, -0.2) is 42.4 Å². The number of hydrogen-bond acceptors (Lipinski definition) is 5. The highest BCUT2D eigenvalue weighted by atomic mass is 32.1. The number of ether oxygens (including phenoxy) is 1. The van der Waals surface area contributed by atoms with Crippen molar-refractivity contribution >= 4 is 34.8 Å². The normalized spacial score (nSPS) is 13.9. The summed E-state index contributed by atoms with van der Waals surface area (Å²) < 4.78 is 5.40. The molecule has 1 N–H and O–H groups in total. The lowest BCUT2D eigenvalue weighted by Gasteiger charge is -2.21. The van der Waals surface area contributed by atoms with Crippen molar-refractivity contribution in [3.63, 3.8) is 0 Å². The Morgan fingerprint density at radius 3 is 2.59 bits per heavy atom. The molecule has 0 saturated heterocycles. The molecule has 0 radical (unpaired) electrons. The van der Waals surface area contributed by atoms with Crippen LogP contribution in [-0.2, 0) is 27.2 Å². The molecule has 1 aliphatic carbocycles. The van der Waals surface area contributed by atoms with E-state index in [4.69, 9.17) is 4.74 Å². The fraction of sp³-hybridized carbons (Fsp3) is 0.409. The molecule has 1 atom stereocenters. The summed E-state index contributed by atoms with van der Waals surface area (Å²) in [6.07, 6.45) is 3.13. The molecule has 154 valence electrons. The molecular formula is C22H26N2O4S. The van der Waals surface area contributed by atoms with Crippen LogP contribution in [0.3, 0.4) is 0 Å². The van der Waals surface area contributed by atoms with Crippen molar-refractivity contribution in [2.24, 2.45) is 0 Å². The van der Waals surface area contributed by atoms with Gasteiger partial charge in [-0.25, -0.2) is 4.79 Å². The first kappa shape index (κ1) is 21.0. The van der Waals surface area contributed by atoms with Crippen molar-refractivity contribution in [3.8, 4) is 0 Å². The van der Waals surface area contributed by atoms with Crippen molar-refractivity contribution in [2.45, 2.75) is 45.6 Å². The molecule has 1 aromatic heterocycles. The third-order valence-electron chi connectivity index (χ3n) is 5.01. The summed E-state index contributed by atoms with van der Waals surface area (Å²) in [5.74, 6) is -1.20. The van der Waals surface area contributed by atoms with Crippen LogP contribution in [0.25, 0.3) is 0 Å². The van der Waals surface area contributed by atoms with Gasteiger partial charge in [-0.2, -0.15) is 0 Å². The third kappa shape index (κ3) is 5.23. The van der Waals surface area contributed by atoms with E-state index in [9.17, 15) is 14.4 Å². The highest BCUT2D eigenvalue weighted by molar-refractivity contribution is 7.10. The monoisotopic (exact) mass is 414 g/mol. The zero-order valence-electron chi connectivity index (χ0n) is 17.0. The van der Waals surface area contributed by atoms with Crippen LogP contribution >= 0.6 is 11.3 Å². The number of hydrogen-bond donors (Lipinski definition) is 1. The number of nitrogens with zero attached hydrogens (tertiary/aromatic N) is 1. The Kier molecular flexibility index (Phi) is 6.69. The van der Waals surface area contributed by atoms with Gasteiger partial charge in [0.2, 0.25) is 5.91 Å². The van der Waals surface area contributed by atoms with Gasteiger partial charge >= 0.3 is 5.97 Å². The zero-order chi connectivity index (χ0) is 21.0. The number of amides is 2. The highest BCUT2D eigenvalue weighted by Gasteiger charge is 2.26. The van der Waals surface area contributed by atoms with Gasteiger partial charge in [0.1, 0.15) is 0 Å². The highest BCUT2D eigenvalue weighted by Crippen LogP contribution is 2.30. The lowest BCUT2D eigenvalue weighted by Crippen LogP contribution is -2.41. The number of fused-ring (bicyclic) bond motifs is 1. The zero-order valence-corrected chi connectivity index (χ0v) is 17.8. The smallest absolute Gasteiger partial charge is 0.340 e. The Labute approximate surface area is 174 Å². The number of aryl methyl sites for hydroxylation is 2. The van der Waals surface area contributed by atoms with Crippen LogP contribution in [0.2, 0.25) is 0 Å². The number of thiophene rings is 1. The standard InChI is InChI=1S/C22H26N2O4S/c1-14-8-10-16(11-9-14)23-20(25)12-24(3)21(26)15(2)28-22(27)18-13-29-19-7-5-4-6-17(18)19/h8-11,13,15H,4-7,12H2,1-3H3,(H,23,25)/t15-/m0/s1. The SMILES string of the molecule is Cc1ccc(NC(=O)CN(C)C(=O)[C@H](C)OC(=O)c2csc3c2CCCC3)cc1. The molecule has 0 unspecified atom stereocenters. The maximum atomic E-state index is 12.5. The molecular weight excluding hydrogens is 388 g/mol. The van der Waals surface area contributed by atoms with Gasteiger partial charge in [0, 0.05) is 23.0 Å². The molecule has 1 heterocycles. The fourth-order valence-electron chi connectivity index (χ4n) is 3.38. The average molecular weight is 415 g/mol. The van der Waals surface area contributed by atoms with Crippen LogP contribution in [0.5, 0.6) is 0 Å². The van der Waals surface area contributed by atoms with E-state index in [0.29, 0.717) is 11.3 Å². The van der Waals surface area contributed by atoms with E-state index in [2.05, 4.69) is 5.32 Å². The summed E-state index contributed by atoms with van der Waals surface area (Å²) in [6, 6.07) is 7.41. The lowest BCUT2D eigenvalue weighted by atomic mass is 9.96. The fourth-order valence-corrected chi connectivity index (χ4v) is 4.50. The molecule has 6 nitrogen and oxygen atoms in total. The maximum absolute atomic E-state index is 12.5. The van der Waals surface area contributed by atoms with Crippen molar-refractivity contribution in [3.05, 3.63) is 51.2 Å². The van der Waals surface area contributed by atoms with E-state index in [1.54, 1.807) is 23.5 Å². The lowest BCUT2D eigenvalue weighted by molar-refractivity contribution is -0.140. The topological polar surface area (TPSA) is 75.7 Å². The molecule has 2 amide bonds. The molecule has 7 heteroatoms. The van der Waals surface area contributed by atoms with Gasteiger partial charge in [0.15, 0.2) is 6.10 Å². The van der Waals surface area contributed by atoms with E-state index in [1.165, 1.54) is 23.7 Å². The van der Waals surface area contributed by atoms with E-state index < -0.39 is 18.0 Å². The van der Waals surface area contributed by atoms with Gasteiger partial charge in [-0.05, 0) is 57.2 Å². The van der Waals surface area contributed by atoms with Crippen LogP contribution in [0.1, 0.15) is 46.1 Å². The summed E-state index contributed by atoms with van der Waals surface area (Å²) in [6.45, 7) is 3.38. The first-order chi connectivity index (χ1) is 13.8. The molecule has 1 aliphatic rings. The molecule has 3 rings (SSSR count). The average Bonchev–Trinajstić information content (AvgIpc) is 3.13. The Balaban J connectivity index is 1.53. The van der Waals surface area contributed by atoms with Gasteiger partial charge in [-0.3, -0.25) is 9.59 Å². The Hall–Kier alpha value is -2.67. The number of rotatable bonds is 6. The minimum absolute atomic E-state index is 0.123. The molecule has 1 aromatic carbocycles. The Morgan fingerprint density at radius 1 is 1.17 bits per heavy atom. The number of likely N-dealkylation sites (N-methyl/N-ethyl adjacent to an activating group) is 1. The van der Waals surface area contributed by atoms with Crippen molar-refractivity contribution < 1.29 is 19.1 Å². The number of esters is 1. The summed E-state index contributed by atoms with van der Waals surface area (Å²) in [5.41, 5.74) is 3.40. The Morgan fingerprint density at radius 2 is 1.86 bits per heavy atom. The van der Waals surface area contributed by atoms with E-state index in [-0.39, 0.29) is 12.5 Å². The molecule has 0 spiro atoms. The van der Waals surface area contributed by atoms with E-state index in [1.807, 2.05) is 24.4 Å². The molecule has 0 bridgehead atoms. The van der Waals surface area contributed by atoms with Gasteiger partial charge in [-0.1, -0.05) is 17.7 Å². The van der Waals surface area contributed by atoms with E-state index in [0.717, 1.165) is 36.8 Å². The van der Waals surface area contributed by atoms with Crippen LogP contribution < -0.4 is 5.32 Å². The first-order valence-electron chi connectivity index (χ1n) is 9.77. The second kappa shape index (κ2) is 9.22. The predicted molar refractivity (Wildman–Crippen MR) is 113 cm³/mol. The Bertz CT molecular complexity index is 904. The maximum Gasteiger partial charge on any atom is 0.340 e. The number of carbonyl (C=O) groups excluding carboxylic acids is 3. The summed E-state index contributed by atoms with van der Waals surface area (Å²) in [5, 5.41) is 4.58. The van der Waals surface area contributed by atoms with Crippen molar-refractivity contribution in [1.29, 1.82) is 0 Å². The largest absolute Gasteiger partial charge is 0.449 e. The second-order valence-corrected chi connectivity index (χ2v) is 8.38. The first-order valence-corrected chi connectivity index (χ1v) is 10.6. The van der Waals surface area contributed by atoms with Crippen LogP contribution in [0, 0.1) is 6.92 Å². The van der Waals surface area contributed by atoms with E-state index >= 15 is 0 Å². The molecule has 2 aromatic rings. The summed E-state index contributed by atoms with van der Waals surface area (Å²) in [7, 11) is 1.52. The quantitative estimate of drug-likeness (QED) is 0.733. The molecule has 0 fully saturated rings.